The first kappa shape index (κ1) is 9.56. The molecular weight excluding hydrogens is 198 g/mol. The average Bonchev–Trinajstić information content (AvgIpc) is 2.03. The maximum Gasteiger partial charge on any atom is 0.132 e. The summed E-state index contributed by atoms with van der Waals surface area (Å²) < 4.78 is 13.1. The summed E-state index contributed by atoms with van der Waals surface area (Å²) in [5.41, 5.74) is 0.814. The van der Waals surface area contributed by atoms with Gasteiger partial charge in [-0.25, -0.2) is 4.39 Å². The van der Waals surface area contributed by atoms with Crippen LogP contribution in [-0.4, -0.2) is 5.88 Å². The van der Waals surface area contributed by atoms with Gasteiger partial charge in [-0.3, -0.25) is 0 Å². The van der Waals surface area contributed by atoms with Crippen LogP contribution in [0, 0.1) is 5.82 Å². The Morgan fingerprint density at radius 3 is 2.67 bits per heavy atom. The molecule has 0 saturated carbocycles. The first-order valence-corrected chi connectivity index (χ1v) is 4.26. The molecule has 0 atom stereocenters. The van der Waals surface area contributed by atoms with Crippen molar-refractivity contribution in [1.29, 1.82) is 0 Å². The summed E-state index contributed by atoms with van der Waals surface area (Å²) in [6.45, 7) is 3.61. The number of hydrogen-bond donors (Lipinski definition) is 0. The van der Waals surface area contributed by atoms with Crippen LogP contribution in [0.15, 0.2) is 24.8 Å². The zero-order valence-electron chi connectivity index (χ0n) is 6.28. The van der Waals surface area contributed by atoms with E-state index in [1.807, 2.05) is 0 Å². The maximum absolute atomic E-state index is 13.1. The van der Waals surface area contributed by atoms with Gasteiger partial charge < -0.3 is 0 Å². The van der Waals surface area contributed by atoms with Crippen molar-refractivity contribution in [3.8, 4) is 0 Å². The molecule has 0 nitrogen and oxygen atoms in total. The van der Waals surface area contributed by atoms with Gasteiger partial charge in [0.15, 0.2) is 0 Å². The molecule has 0 heterocycles. The molecule has 0 aliphatic carbocycles. The van der Waals surface area contributed by atoms with Crippen LogP contribution < -0.4 is 0 Å². The molecule has 0 radical (unpaired) electrons. The van der Waals surface area contributed by atoms with E-state index in [2.05, 4.69) is 6.58 Å². The van der Waals surface area contributed by atoms with Gasteiger partial charge in [0.2, 0.25) is 0 Å². The highest BCUT2D eigenvalue weighted by Gasteiger charge is 2.08. The van der Waals surface area contributed by atoms with Crippen molar-refractivity contribution < 1.29 is 4.39 Å². The van der Waals surface area contributed by atoms with Gasteiger partial charge in [-0.2, -0.15) is 0 Å². The van der Waals surface area contributed by atoms with E-state index in [0.29, 0.717) is 16.2 Å². The van der Waals surface area contributed by atoms with Gasteiger partial charge in [-0.05, 0) is 17.7 Å². The Hall–Kier alpha value is -0.530. The first-order chi connectivity index (χ1) is 5.66. The van der Waals surface area contributed by atoms with Gasteiger partial charge in [0.1, 0.15) is 5.82 Å². The van der Waals surface area contributed by atoms with Crippen LogP contribution in [0.3, 0.4) is 0 Å². The summed E-state index contributed by atoms with van der Waals surface area (Å²) in [6.07, 6.45) is 0. The molecule has 0 N–H and O–H groups in total. The standard InChI is InChI=1S/C9H7Cl2F/c1-6(5-10)9-7(11)3-2-4-8(9)12/h2-4H,1,5H2. The number of benzene rings is 1. The quantitative estimate of drug-likeness (QED) is 0.645. The molecular formula is C9H7Cl2F. The molecule has 64 valence electrons. The zero-order chi connectivity index (χ0) is 9.14. The predicted molar refractivity (Wildman–Crippen MR) is 51.2 cm³/mol. The summed E-state index contributed by atoms with van der Waals surface area (Å²) in [7, 11) is 0. The minimum absolute atomic E-state index is 0.181. The van der Waals surface area contributed by atoms with Crippen LogP contribution in [0.5, 0.6) is 0 Å². The largest absolute Gasteiger partial charge is 0.206 e. The van der Waals surface area contributed by atoms with E-state index in [4.69, 9.17) is 23.2 Å². The van der Waals surface area contributed by atoms with Crippen molar-refractivity contribution in [2.45, 2.75) is 0 Å². The van der Waals surface area contributed by atoms with Crippen LogP contribution in [0.1, 0.15) is 5.56 Å². The lowest BCUT2D eigenvalue weighted by atomic mass is 10.1. The topological polar surface area (TPSA) is 0 Å². The van der Waals surface area contributed by atoms with E-state index in [-0.39, 0.29) is 11.7 Å². The second kappa shape index (κ2) is 3.92. The Kier molecular flexibility index (Phi) is 3.12. The molecule has 12 heavy (non-hydrogen) atoms. The number of allylic oxidation sites excluding steroid dienone is 1. The highest BCUT2D eigenvalue weighted by atomic mass is 35.5. The monoisotopic (exact) mass is 204 g/mol. The van der Waals surface area contributed by atoms with E-state index in [9.17, 15) is 4.39 Å². The molecule has 0 spiro atoms. The molecule has 0 saturated heterocycles. The third-order valence-corrected chi connectivity index (χ3v) is 2.12. The SMILES string of the molecule is C=C(CCl)c1c(F)cccc1Cl. The van der Waals surface area contributed by atoms with Gasteiger partial charge >= 0.3 is 0 Å². The Bertz CT molecular complexity index is 287. The highest BCUT2D eigenvalue weighted by Crippen LogP contribution is 2.25. The molecule has 0 fully saturated rings. The van der Waals surface area contributed by atoms with Crippen molar-refractivity contribution >= 4 is 28.8 Å². The number of halogens is 3. The number of alkyl halides is 1. The van der Waals surface area contributed by atoms with Gasteiger partial charge in [0.05, 0.1) is 5.02 Å². The summed E-state index contributed by atoms with van der Waals surface area (Å²) in [5, 5.41) is 0.348. The molecule has 0 unspecified atom stereocenters. The fourth-order valence-electron chi connectivity index (χ4n) is 0.902. The summed E-state index contributed by atoms with van der Waals surface area (Å²) >= 11 is 11.2. The van der Waals surface area contributed by atoms with Crippen molar-refractivity contribution in [3.05, 3.63) is 41.2 Å². The van der Waals surface area contributed by atoms with Gasteiger partial charge in [-0.1, -0.05) is 24.2 Å². The lowest BCUT2D eigenvalue weighted by Gasteiger charge is -2.05. The minimum atomic E-state index is -0.381. The van der Waals surface area contributed by atoms with Gasteiger partial charge in [0, 0.05) is 11.4 Å². The van der Waals surface area contributed by atoms with E-state index in [1.54, 1.807) is 12.1 Å². The molecule has 0 bridgehead atoms. The van der Waals surface area contributed by atoms with Gasteiger partial charge in [0.25, 0.3) is 0 Å². The average molecular weight is 205 g/mol. The Morgan fingerprint density at radius 2 is 2.17 bits per heavy atom. The summed E-state index contributed by atoms with van der Waals surface area (Å²) in [5.74, 6) is -0.200. The predicted octanol–water partition coefficient (Wildman–Crippen LogP) is 3.73. The third-order valence-electron chi connectivity index (χ3n) is 1.48. The Balaban J connectivity index is 3.21. The molecule has 0 amide bonds. The normalized spacial score (nSPS) is 9.92. The van der Waals surface area contributed by atoms with Crippen molar-refractivity contribution in [2.24, 2.45) is 0 Å². The van der Waals surface area contributed by atoms with Crippen LogP contribution in [-0.2, 0) is 0 Å². The van der Waals surface area contributed by atoms with E-state index in [1.165, 1.54) is 6.07 Å². The van der Waals surface area contributed by atoms with Crippen LogP contribution in [0.25, 0.3) is 5.57 Å². The lowest BCUT2D eigenvalue weighted by molar-refractivity contribution is 0.624. The summed E-state index contributed by atoms with van der Waals surface area (Å²) in [6, 6.07) is 4.49. The Labute approximate surface area is 80.6 Å². The highest BCUT2D eigenvalue weighted by molar-refractivity contribution is 6.33. The lowest BCUT2D eigenvalue weighted by Crippen LogP contribution is -1.90. The second-order valence-corrected chi connectivity index (χ2v) is 3.01. The molecule has 0 aliphatic rings. The minimum Gasteiger partial charge on any atom is -0.206 e. The van der Waals surface area contributed by atoms with Crippen LogP contribution in [0.2, 0.25) is 5.02 Å². The van der Waals surface area contributed by atoms with E-state index in [0.717, 1.165) is 0 Å². The first-order valence-electron chi connectivity index (χ1n) is 3.35. The zero-order valence-corrected chi connectivity index (χ0v) is 7.79. The Morgan fingerprint density at radius 1 is 1.50 bits per heavy atom. The van der Waals surface area contributed by atoms with Crippen molar-refractivity contribution in [3.63, 3.8) is 0 Å². The number of hydrogen-bond acceptors (Lipinski definition) is 0. The van der Waals surface area contributed by atoms with Crippen LogP contribution >= 0.6 is 23.2 Å². The van der Waals surface area contributed by atoms with Crippen LogP contribution in [0.4, 0.5) is 4.39 Å². The molecule has 1 aromatic rings. The summed E-state index contributed by atoms with van der Waals surface area (Å²) in [4.78, 5) is 0. The van der Waals surface area contributed by atoms with Gasteiger partial charge in [-0.15, -0.1) is 11.6 Å². The molecule has 3 heteroatoms. The fraction of sp³-hybridized carbons (Fsp3) is 0.111. The fourth-order valence-corrected chi connectivity index (χ4v) is 1.33. The number of rotatable bonds is 2. The molecule has 0 aromatic heterocycles. The molecule has 0 aliphatic heterocycles. The maximum atomic E-state index is 13.1. The second-order valence-electron chi connectivity index (χ2n) is 2.33. The molecule has 1 rings (SSSR count). The van der Waals surface area contributed by atoms with E-state index >= 15 is 0 Å². The third kappa shape index (κ3) is 1.79. The smallest absolute Gasteiger partial charge is 0.132 e. The van der Waals surface area contributed by atoms with E-state index < -0.39 is 0 Å². The molecule has 1 aromatic carbocycles. The van der Waals surface area contributed by atoms with Crippen molar-refractivity contribution in [2.75, 3.05) is 5.88 Å². The van der Waals surface area contributed by atoms with Crippen molar-refractivity contribution in [1.82, 2.24) is 0 Å².